The molecule has 0 aliphatic carbocycles. The number of likely N-dealkylation sites (tertiary alicyclic amines) is 1. The number of piperidine rings is 1. The Hall–Kier alpha value is -1.25. The third kappa shape index (κ3) is 4.23. The summed E-state index contributed by atoms with van der Waals surface area (Å²) in [6.07, 6.45) is 2.11. The Balaban J connectivity index is 1.59. The van der Waals surface area contributed by atoms with Crippen molar-refractivity contribution in [3.05, 3.63) is 29.8 Å². The number of rotatable bonds is 2. The smallest absolute Gasteiger partial charge is 0.350 e. The average Bonchev–Trinajstić information content (AvgIpc) is 2.55. The molecule has 3 rings (SSSR count). The fourth-order valence-electron chi connectivity index (χ4n) is 2.94. The van der Waals surface area contributed by atoms with E-state index in [9.17, 15) is 18.0 Å². The standard InChI is InChI=1S/C16H18F3NO3S/c17-16(18,19)24-13-4-2-12(3-5-13)14(21)20-8-6-15(7-9-20)22-10-1-11-23-15/h2-5H,1,6-11H2. The van der Waals surface area contributed by atoms with Crippen LogP contribution in [0, 0.1) is 0 Å². The number of ether oxygens (including phenoxy) is 2. The van der Waals surface area contributed by atoms with Crippen molar-refractivity contribution in [1.29, 1.82) is 0 Å². The summed E-state index contributed by atoms with van der Waals surface area (Å²) < 4.78 is 48.5. The number of alkyl halides is 3. The largest absolute Gasteiger partial charge is 0.446 e. The minimum absolute atomic E-state index is 0.0700. The van der Waals surface area contributed by atoms with Gasteiger partial charge in [0.25, 0.3) is 5.91 Å². The van der Waals surface area contributed by atoms with Crippen LogP contribution in [0.2, 0.25) is 0 Å². The maximum absolute atomic E-state index is 12.5. The van der Waals surface area contributed by atoms with Gasteiger partial charge in [0.15, 0.2) is 5.79 Å². The van der Waals surface area contributed by atoms with E-state index in [-0.39, 0.29) is 22.6 Å². The van der Waals surface area contributed by atoms with Gasteiger partial charge in [-0.2, -0.15) is 13.2 Å². The van der Waals surface area contributed by atoms with Gasteiger partial charge < -0.3 is 14.4 Å². The Labute approximate surface area is 142 Å². The van der Waals surface area contributed by atoms with Crippen LogP contribution in [0.4, 0.5) is 13.2 Å². The fraction of sp³-hybridized carbons (Fsp3) is 0.562. The van der Waals surface area contributed by atoms with E-state index in [0.29, 0.717) is 44.7 Å². The van der Waals surface area contributed by atoms with E-state index in [4.69, 9.17) is 9.47 Å². The first-order valence-corrected chi connectivity index (χ1v) is 8.62. The Morgan fingerprint density at radius 1 is 1.08 bits per heavy atom. The van der Waals surface area contributed by atoms with Crippen LogP contribution in [0.25, 0.3) is 0 Å². The molecule has 0 N–H and O–H groups in total. The number of thioether (sulfide) groups is 1. The quantitative estimate of drug-likeness (QED) is 0.754. The van der Waals surface area contributed by atoms with E-state index >= 15 is 0 Å². The van der Waals surface area contributed by atoms with Crippen LogP contribution in [0.5, 0.6) is 0 Å². The molecule has 24 heavy (non-hydrogen) atoms. The van der Waals surface area contributed by atoms with Crippen molar-refractivity contribution in [3.63, 3.8) is 0 Å². The van der Waals surface area contributed by atoms with E-state index in [2.05, 4.69) is 0 Å². The zero-order valence-corrected chi connectivity index (χ0v) is 13.8. The average molecular weight is 361 g/mol. The molecule has 2 aliphatic rings. The zero-order valence-electron chi connectivity index (χ0n) is 13.0. The number of halogens is 3. The van der Waals surface area contributed by atoms with Gasteiger partial charge >= 0.3 is 5.51 Å². The lowest BCUT2D eigenvalue weighted by Crippen LogP contribution is -2.51. The molecule has 0 saturated carbocycles. The van der Waals surface area contributed by atoms with E-state index in [0.717, 1.165) is 6.42 Å². The number of carbonyl (C=O) groups is 1. The highest BCUT2D eigenvalue weighted by Crippen LogP contribution is 2.37. The summed E-state index contributed by atoms with van der Waals surface area (Å²) in [5.41, 5.74) is -3.94. The summed E-state index contributed by atoms with van der Waals surface area (Å²) in [6, 6.07) is 5.52. The van der Waals surface area contributed by atoms with Crippen LogP contribution in [-0.4, -0.2) is 48.4 Å². The van der Waals surface area contributed by atoms with Crippen LogP contribution in [0.1, 0.15) is 29.6 Å². The van der Waals surface area contributed by atoms with Crippen LogP contribution in [0.3, 0.4) is 0 Å². The number of hydrogen-bond acceptors (Lipinski definition) is 4. The van der Waals surface area contributed by atoms with Crippen LogP contribution >= 0.6 is 11.8 Å². The lowest BCUT2D eigenvalue weighted by Gasteiger charge is -2.43. The maximum Gasteiger partial charge on any atom is 0.446 e. The predicted molar refractivity (Wildman–Crippen MR) is 82.7 cm³/mol. The Morgan fingerprint density at radius 3 is 2.21 bits per heavy atom. The van der Waals surface area contributed by atoms with Gasteiger partial charge in [0.1, 0.15) is 0 Å². The molecule has 1 amide bonds. The lowest BCUT2D eigenvalue weighted by molar-refractivity contribution is -0.281. The predicted octanol–water partition coefficient (Wildman–Crippen LogP) is 3.67. The van der Waals surface area contributed by atoms with E-state index < -0.39 is 11.3 Å². The molecular weight excluding hydrogens is 343 g/mol. The second kappa shape index (κ2) is 6.93. The molecule has 2 saturated heterocycles. The Kier molecular flexibility index (Phi) is 5.08. The van der Waals surface area contributed by atoms with E-state index in [1.54, 1.807) is 4.90 Å². The molecular formula is C16H18F3NO3S. The highest BCUT2D eigenvalue weighted by molar-refractivity contribution is 8.00. The molecule has 0 aromatic heterocycles. The van der Waals surface area contributed by atoms with Crippen molar-refractivity contribution in [1.82, 2.24) is 4.90 Å². The van der Waals surface area contributed by atoms with Crippen molar-refractivity contribution < 1.29 is 27.4 Å². The number of nitrogens with zero attached hydrogens (tertiary/aromatic N) is 1. The van der Waals surface area contributed by atoms with Crippen molar-refractivity contribution in [2.75, 3.05) is 26.3 Å². The van der Waals surface area contributed by atoms with Crippen LogP contribution in [-0.2, 0) is 9.47 Å². The molecule has 0 atom stereocenters. The first-order chi connectivity index (χ1) is 11.4. The normalized spacial score (nSPS) is 21.0. The fourth-order valence-corrected chi connectivity index (χ4v) is 3.48. The van der Waals surface area contributed by atoms with E-state index in [1.807, 2.05) is 0 Å². The SMILES string of the molecule is O=C(c1ccc(SC(F)(F)F)cc1)N1CCC2(CC1)OCCCO2. The Morgan fingerprint density at radius 2 is 1.67 bits per heavy atom. The highest BCUT2D eigenvalue weighted by atomic mass is 32.2. The highest BCUT2D eigenvalue weighted by Gasteiger charge is 2.39. The second-order valence-electron chi connectivity index (χ2n) is 5.83. The van der Waals surface area contributed by atoms with Gasteiger partial charge in [0, 0.05) is 36.4 Å². The molecule has 2 aliphatic heterocycles. The lowest BCUT2D eigenvalue weighted by atomic mass is 10.0. The van der Waals surface area contributed by atoms with Crippen molar-refractivity contribution in [3.8, 4) is 0 Å². The van der Waals surface area contributed by atoms with E-state index in [1.165, 1.54) is 24.3 Å². The Bertz CT molecular complexity index is 575. The van der Waals surface area contributed by atoms with Crippen molar-refractivity contribution in [2.24, 2.45) is 0 Å². The number of hydrogen-bond donors (Lipinski definition) is 0. The molecule has 0 unspecified atom stereocenters. The molecule has 132 valence electrons. The topological polar surface area (TPSA) is 38.8 Å². The molecule has 4 nitrogen and oxygen atoms in total. The van der Waals surface area contributed by atoms with Crippen LogP contribution in [0.15, 0.2) is 29.2 Å². The van der Waals surface area contributed by atoms with Crippen molar-refractivity contribution in [2.45, 2.75) is 35.5 Å². The maximum atomic E-state index is 12.5. The first-order valence-electron chi connectivity index (χ1n) is 7.80. The molecule has 0 bridgehead atoms. The number of benzene rings is 1. The van der Waals surface area contributed by atoms with Crippen LogP contribution < -0.4 is 0 Å². The first kappa shape index (κ1) is 17.6. The molecule has 1 spiro atoms. The number of carbonyl (C=O) groups excluding carboxylic acids is 1. The van der Waals surface area contributed by atoms with Gasteiger partial charge in [-0.05, 0) is 42.4 Å². The van der Waals surface area contributed by atoms with Gasteiger partial charge in [-0.1, -0.05) is 0 Å². The monoisotopic (exact) mass is 361 g/mol. The van der Waals surface area contributed by atoms with Gasteiger partial charge in [-0.3, -0.25) is 4.79 Å². The summed E-state index contributed by atoms with van der Waals surface area (Å²) in [7, 11) is 0. The molecule has 1 aromatic rings. The molecule has 2 fully saturated rings. The van der Waals surface area contributed by atoms with Gasteiger partial charge in [0.2, 0.25) is 0 Å². The minimum atomic E-state index is -4.33. The molecule has 8 heteroatoms. The second-order valence-corrected chi connectivity index (χ2v) is 6.96. The summed E-state index contributed by atoms with van der Waals surface area (Å²) in [5.74, 6) is -0.744. The van der Waals surface area contributed by atoms with Gasteiger partial charge in [-0.15, -0.1) is 0 Å². The summed E-state index contributed by atoms with van der Waals surface area (Å²) in [6.45, 7) is 2.37. The number of amides is 1. The minimum Gasteiger partial charge on any atom is -0.350 e. The van der Waals surface area contributed by atoms with Gasteiger partial charge in [-0.25, -0.2) is 0 Å². The van der Waals surface area contributed by atoms with Crippen molar-refractivity contribution >= 4 is 17.7 Å². The zero-order chi connectivity index (χ0) is 17.2. The van der Waals surface area contributed by atoms with Gasteiger partial charge in [0.05, 0.1) is 13.2 Å². The summed E-state index contributed by atoms with van der Waals surface area (Å²) in [4.78, 5) is 14.2. The third-order valence-electron chi connectivity index (χ3n) is 4.17. The summed E-state index contributed by atoms with van der Waals surface area (Å²) >= 11 is -0.187. The molecule has 2 heterocycles. The molecule has 0 radical (unpaired) electrons. The third-order valence-corrected chi connectivity index (χ3v) is 4.91. The molecule has 1 aromatic carbocycles. The summed E-state index contributed by atoms with van der Waals surface area (Å²) in [5, 5.41) is 0.